The van der Waals surface area contributed by atoms with Crippen LogP contribution in [0.2, 0.25) is 0 Å². The molecule has 0 aromatic carbocycles. The van der Waals surface area contributed by atoms with Crippen LogP contribution in [0.4, 0.5) is 0 Å². The van der Waals surface area contributed by atoms with E-state index in [-0.39, 0.29) is 17.8 Å². The Kier molecular flexibility index (Phi) is 3.74. The second-order valence-electron chi connectivity index (χ2n) is 4.49. The van der Waals surface area contributed by atoms with Gasteiger partial charge >= 0.3 is 5.97 Å². The average molecular weight is 212 g/mol. The lowest BCUT2D eigenvalue weighted by molar-refractivity contribution is -0.154. The third kappa shape index (κ3) is 2.96. The van der Waals surface area contributed by atoms with E-state index >= 15 is 0 Å². The van der Waals surface area contributed by atoms with Crippen LogP contribution in [0, 0.1) is 0 Å². The smallest absolute Gasteiger partial charge is 0.354 e. The third-order valence-corrected chi connectivity index (χ3v) is 2.64. The zero-order valence-corrected chi connectivity index (χ0v) is 9.91. The summed E-state index contributed by atoms with van der Waals surface area (Å²) in [7, 11) is 0. The van der Waals surface area contributed by atoms with Gasteiger partial charge in [0.1, 0.15) is 11.8 Å². The average Bonchev–Trinajstić information content (AvgIpc) is 2.07. The summed E-state index contributed by atoms with van der Waals surface area (Å²) in [5, 5.41) is 0. The van der Waals surface area contributed by atoms with Gasteiger partial charge in [-0.15, -0.1) is 0 Å². The normalized spacial score (nSPS) is 17.4. The molecule has 0 atom stereocenters. The molecule has 0 amide bonds. The van der Waals surface area contributed by atoms with Gasteiger partial charge in [-0.25, -0.2) is 4.79 Å². The zero-order chi connectivity index (χ0) is 11.6. The van der Waals surface area contributed by atoms with Crippen LogP contribution in [0.5, 0.6) is 0 Å². The Labute approximate surface area is 91.1 Å². The molecule has 0 unspecified atom stereocenters. The number of likely N-dealkylation sites (tertiary alicyclic amines) is 1. The standard InChI is InChI=1S/C11H20N2O2/c1-7(2)10(12)11(14)15-9-5-13(6-9)8(3)4/h8-9H,5-6,12H2,1-4H3. The molecule has 1 rings (SSSR count). The summed E-state index contributed by atoms with van der Waals surface area (Å²) >= 11 is 0. The molecule has 1 saturated heterocycles. The molecule has 1 heterocycles. The van der Waals surface area contributed by atoms with Crippen molar-refractivity contribution in [2.75, 3.05) is 13.1 Å². The van der Waals surface area contributed by atoms with Crippen molar-refractivity contribution in [2.45, 2.75) is 39.8 Å². The fourth-order valence-electron chi connectivity index (χ4n) is 1.38. The highest BCUT2D eigenvalue weighted by atomic mass is 16.5. The van der Waals surface area contributed by atoms with Crippen molar-refractivity contribution in [1.29, 1.82) is 0 Å². The van der Waals surface area contributed by atoms with E-state index in [1.807, 2.05) is 0 Å². The quantitative estimate of drug-likeness (QED) is 0.557. The molecule has 4 heteroatoms. The van der Waals surface area contributed by atoms with Crippen LogP contribution in [0.1, 0.15) is 27.7 Å². The molecule has 0 aromatic rings. The number of nitrogens with two attached hydrogens (primary N) is 1. The molecule has 4 nitrogen and oxygen atoms in total. The van der Waals surface area contributed by atoms with Crippen molar-refractivity contribution in [3.8, 4) is 0 Å². The van der Waals surface area contributed by atoms with E-state index in [1.165, 1.54) is 0 Å². The van der Waals surface area contributed by atoms with Crippen LogP contribution in [0.3, 0.4) is 0 Å². The van der Waals surface area contributed by atoms with Crippen molar-refractivity contribution >= 4 is 5.97 Å². The topological polar surface area (TPSA) is 55.6 Å². The number of carbonyl (C=O) groups excluding carboxylic acids is 1. The van der Waals surface area contributed by atoms with Gasteiger partial charge in [-0.05, 0) is 33.3 Å². The number of ether oxygens (including phenoxy) is 1. The first-order chi connectivity index (χ1) is 6.91. The van der Waals surface area contributed by atoms with Crippen LogP contribution in [-0.2, 0) is 9.53 Å². The van der Waals surface area contributed by atoms with Gasteiger partial charge in [0.2, 0.25) is 0 Å². The van der Waals surface area contributed by atoms with Crippen molar-refractivity contribution < 1.29 is 9.53 Å². The number of hydrogen-bond donors (Lipinski definition) is 1. The molecule has 0 saturated carbocycles. The van der Waals surface area contributed by atoms with Gasteiger partial charge in [-0.3, -0.25) is 4.90 Å². The maximum Gasteiger partial charge on any atom is 0.354 e. The predicted octanol–water partition coefficient (Wildman–Crippen LogP) is 0.875. The Balaban J connectivity index is 2.34. The summed E-state index contributed by atoms with van der Waals surface area (Å²) in [4.78, 5) is 13.7. The second-order valence-corrected chi connectivity index (χ2v) is 4.49. The van der Waals surface area contributed by atoms with Crippen molar-refractivity contribution in [3.05, 3.63) is 11.3 Å². The maximum absolute atomic E-state index is 11.4. The molecule has 0 radical (unpaired) electrons. The number of nitrogens with zero attached hydrogens (tertiary/aromatic N) is 1. The van der Waals surface area contributed by atoms with E-state index in [1.54, 1.807) is 13.8 Å². The molecule has 1 fully saturated rings. The molecular weight excluding hydrogens is 192 g/mol. The monoisotopic (exact) mass is 212 g/mol. The predicted molar refractivity (Wildman–Crippen MR) is 59.2 cm³/mol. The second kappa shape index (κ2) is 4.66. The molecule has 86 valence electrons. The van der Waals surface area contributed by atoms with E-state index in [4.69, 9.17) is 10.5 Å². The molecule has 0 spiro atoms. The van der Waals surface area contributed by atoms with Gasteiger partial charge in [0, 0.05) is 19.1 Å². The molecule has 0 aliphatic carbocycles. The Morgan fingerprint density at radius 1 is 1.40 bits per heavy atom. The lowest BCUT2D eigenvalue weighted by atomic mass is 10.1. The fourth-order valence-corrected chi connectivity index (χ4v) is 1.38. The summed E-state index contributed by atoms with van der Waals surface area (Å²) in [5.41, 5.74) is 6.61. The Bertz CT molecular complexity index is 274. The summed E-state index contributed by atoms with van der Waals surface area (Å²) < 4.78 is 5.23. The first-order valence-corrected chi connectivity index (χ1v) is 5.29. The van der Waals surface area contributed by atoms with Crippen molar-refractivity contribution in [1.82, 2.24) is 4.90 Å². The Hall–Kier alpha value is -1.03. The number of allylic oxidation sites excluding steroid dienone is 1. The highest BCUT2D eigenvalue weighted by molar-refractivity contribution is 5.88. The van der Waals surface area contributed by atoms with Gasteiger partial charge < -0.3 is 10.5 Å². The Morgan fingerprint density at radius 3 is 2.33 bits per heavy atom. The van der Waals surface area contributed by atoms with Gasteiger partial charge in [-0.1, -0.05) is 0 Å². The molecule has 1 aliphatic heterocycles. The van der Waals surface area contributed by atoms with Crippen molar-refractivity contribution in [3.63, 3.8) is 0 Å². The van der Waals surface area contributed by atoms with Gasteiger partial charge in [0.25, 0.3) is 0 Å². The summed E-state index contributed by atoms with van der Waals surface area (Å²) in [6.07, 6.45) is 0.0119. The lowest BCUT2D eigenvalue weighted by Crippen LogP contribution is -2.55. The minimum absolute atomic E-state index is 0.0119. The van der Waals surface area contributed by atoms with Crippen LogP contribution in [-0.4, -0.2) is 36.1 Å². The van der Waals surface area contributed by atoms with Gasteiger partial charge in [0.15, 0.2) is 0 Å². The van der Waals surface area contributed by atoms with Crippen LogP contribution in [0.25, 0.3) is 0 Å². The lowest BCUT2D eigenvalue weighted by Gasteiger charge is -2.41. The SMILES string of the molecule is CC(C)=C(N)C(=O)OC1CN(C(C)C)C1. The van der Waals surface area contributed by atoms with Gasteiger partial charge in [-0.2, -0.15) is 0 Å². The molecular formula is C11H20N2O2. The number of carbonyl (C=O) groups is 1. The summed E-state index contributed by atoms with van der Waals surface area (Å²) in [6, 6.07) is 0.515. The van der Waals surface area contributed by atoms with Crippen LogP contribution < -0.4 is 5.73 Å². The molecule has 15 heavy (non-hydrogen) atoms. The van der Waals surface area contributed by atoms with Crippen LogP contribution in [0.15, 0.2) is 11.3 Å². The van der Waals surface area contributed by atoms with E-state index in [0.29, 0.717) is 6.04 Å². The summed E-state index contributed by atoms with van der Waals surface area (Å²) in [5.74, 6) is -0.386. The van der Waals surface area contributed by atoms with E-state index < -0.39 is 0 Å². The Morgan fingerprint density at radius 2 is 1.93 bits per heavy atom. The largest absolute Gasteiger partial charge is 0.455 e. The molecule has 1 aliphatic rings. The van der Waals surface area contributed by atoms with Crippen LogP contribution >= 0.6 is 0 Å². The first-order valence-electron chi connectivity index (χ1n) is 5.29. The molecule has 0 bridgehead atoms. The maximum atomic E-state index is 11.4. The molecule has 2 N–H and O–H groups in total. The highest BCUT2D eigenvalue weighted by Gasteiger charge is 2.31. The highest BCUT2D eigenvalue weighted by Crippen LogP contribution is 2.16. The van der Waals surface area contributed by atoms with Crippen molar-refractivity contribution in [2.24, 2.45) is 5.73 Å². The van der Waals surface area contributed by atoms with E-state index in [2.05, 4.69) is 18.7 Å². The number of esters is 1. The minimum atomic E-state index is -0.386. The first kappa shape index (κ1) is 12.0. The fraction of sp³-hybridized carbons (Fsp3) is 0.727. The number of hydrogen-bond acceptors (Lipinski definition) is 4. The summed E-state index contributed by atoms with van der Waals surface area (Å²) in [6.45, 7) is 9.50. The number of rotatable bonds is 3. The molecule has 0 aromatic heterocycles. The minimum Gasteiger partial charge on any atom is -0.455 e. The van der Waals surface area contributed by atoms with E-state index in [9.17, 15) is 4.79 Å². The third-order valence-electron chi connectivity index (χ3n) is 2.64. The van der Waals surface area contributed by atoms with Gasteiger partial charge in [0.05, 0.1) is 0 Å². The van der Waals surface area contributed by atoms with E-state index in [0.717, 1.165) is 18.7 Å². The zero-order valence-electron chi connectivity index (χ0n) is 9.91.